The molecule has 6 nitrogen and oxygen atoms in total. The summed E-state index contributed by atoms with van der Waals surface area (Å²) in [6.45, 7) is 1.25. The zero-order valence-electron chi connectivity index (χ0n) is 15.9. The van der Waals surface area contributed by atoms with Crippen LogP contribution in [0.3, 0.4) is 0 Å². The Morgan fingerprint density at radius 1 is 0.933 bits per heavy atom. The van der Waals surface area contributed by atoms with Gasteiger partial charge < -0.3 is 5.11 Å². The Kier molecular flexibility index (Phi) is 6.73. The molecule has 0 spiro atoms. The Morgan fingerprint density at radius 3 is 2.20 bits per heavy atom. The van der Waals surface area contributed by atoms with Crippen LogP contribution in [0.1, 0.15) is 33.2 Å². The molecule has 0 fully saturated rings. The number of benzene rings is 3. The zero-order valence-corrected chi connectivity index (χ0v) is 18.1. The molecule has 3 aromatic carbocycles. The molecule has 0 heterocycles. The van der Waals surface area contributed by atoms with Gasteiger partial charge in [-0.2, -0.15) is 0 Å². The van der Waals surface area contributed by atoms with Crippen molar-refractivity contribution in [2.24, 2.45) is 4.99 Å². The molecular formula is C23H17IN2O4. The summed E-state index contributed by atoms with van der Waals surface area (Å²) < 4.78 is 1.10. The third kappa shape index (κ3) is 4.98. The Labute approximate surface area is 187 Å². The van der Waals surface area contributed by atoms with Crippen molar-refractivity contribution >= 4 is 58.0 Å². The molecule has 3 rings (SSSR count). The summed E-state index contributed by atoms with van der Waals surface area (Å²) in [5, 5.41) is 9.34. The number of hydrogen-bond acceptors (Lipinski definition) is 4. The lowest BCUT2D eigenvalue weighted by Crippen LogP contribution is -2.36. The minimum Gasteiger partial charge on any atom is -0.478 e. The normalized spacial score (nSPS) is 10.7. The van der Waals surface area contributed by atoms with E-state index in [2.05, 4.69) is 27.6 Å². The highest BCUT2D eigenvalue weighted by Crippen LogP contribution is 2.23. The standard InChI is InChI=1S/C23H17IN2O4/c1-15(27)26(22(28)20-7-2-3-8-21(20)23(29)30)19-11-9-18(10-12-19)25-14-16-5-4-6-17(24)13-16/h2-14H,1H3,(H,29,30). The predicted octanol–water partition coefficient (Wildman–Crippen LogP) is 4.93. The van der Waals surface area contributed by atoms with Gasteiger partial charge in [-0.3, -0.25) is 14.6 Å². The molecule has 7 heteroatoms. The van der Waals surface area contributed by atoms with E-state index in [-0.39, 0.29) is 11.1 Å². The van der Waals surface area contributed by atoms with Gasteiger partial charge in [-0.05, 0) is 76.7 Å². The van der Waals surface area contributed by atoms with Crippen LogP contribution in [-0.4, -0.2) is 29.1 Å². The van der Waals surface area contributed by atoms with Crippen LogP contribution in [0.4, 0.5) is 11.4 Å². The Bertz CT molecular complexity index is 1140. The van der Waals surface area contributed by atoms with Gasteiger partial charge in [0.05, 0.1) is 22.5 Å². The van der Waals surface area contributed by atoms with Crippen LogP contribution in [0, 0.1) is 3.57 Å². The topological polar surface area (TPSA) is 87.0 Å². The second kappa shape index (κ2) is 9.45. The SMILES string of the molecule is CC(=O)N(C(=O)c1ccccc1C(=O)O)c1ccc(N=Cc2cccc(I)c2)cc1. The Balaban J connectivity index is 1.88. The van der Waals surface area contributed by atoms with Crippen LogP contribution in [-0.2, 0) is 4.79 Å². The molecule has 3 aromatic rings. The number of rotatable bonds is 5. The van der Waals surface area contributed by atoms with Crippen LogP contribution in [0.5, 0.6) is 0 Å². The molecule has 0 aliphatic rings. The summed E-state index contributed by atoms with van der Waals surface area (Å²) in [5.41, 5.74) is 1.73. The molecule has 0 radical (unpaired) electrons. The number of aromatic carboxylic acids is 1. The van der Waals surface area contributed by atoms with Crippen LogP contribution < -0.4 is 4.90 Å². The molecule has 0 aromatic heterocycles. The molecule has 0 aliphatic heterocycles. The fourth-order valence-electron chi connectivity index (χ4n) is 2.84. The number of halogens is 1. The van der Waals surface area contributed by atoms with E-state index in [9.17, 15) is 19.5 Å². The Morgan fingerprint density at radius 2 is 1.60 bits per heavy atom. The molecule has 0 atom stereocenters. The van der Waals surface area contributed by atoms with Gasteiger partial charge in [-0.15, -0.1) is 0 Å². The average Bonchev–Trinajstić information content (AvgIpc) is 2.73. The highest BCUT2D eigenvalue weighted by atomic mass is 127. The van der Waals surface area contributed by atoms with Crippen molar-refractivity contribution in [3.8, 4) is 0 Å². The highest BCUT2D eigenvalue weighted by molar-refractivity contribution is 14.1. The lowest BCUT2D eigenvalue weighted by molar-refractivity contribution is -0.115. The summed E-state index contributed by atoms with van der Waals surface area (Å²) >= 11 is 2.23. The van der Waals surface area contributed by atoms with Crippen LogP contribution in [0.15, 0.2) is 77.8 Å². The quantitative estimate of drug-likeness (QED) is 0.388. The van der Waals surface area contributed by atoms with E-state index in [1.807, 2.05) is 24.3 Å². The molecular weight excluding hydrogens is 495 g/mol. The van der Waals surface area contributed by atoms with Gasteiger partial charge >= 0.3 is 5.97 Å². The fraction of sp³-hybridized carbons (Fsp3) is 0.0435. The molecule has 0 saturated heterocycles. The smallest absolute Gasteiger partial charge is 0.336 e. The van der Waals surface area contributed by atoms with Crippen molar-refractivity contribution < 1.29 is 19.5 Å². The van der Waals surface area contributed by atoms with Gasteiger partial charge in [0.2, 0.25) is 5.91 Å². The Hall–Kier alpha value is -3.33. The van der Waals surface area contributed by atoms with Crippen molar-refractivity contribution in [3.05, 3.63) is 93.1 Å². The minimum atomic E-state index is -1.23. The first-order valence-corrected chi connectivity index (χ1v) is 10.0. The van der Waals surface area contributed by atoms with E-state index < -0.39 is 17.8 Å². The van der Waals surface area contributed by atoms with E-state index in [4.69, 9.17) is 0 Å². The van der Waals surface area contributed by atoms with Crippen molar-refractivity contribution in [3.63, 3.8) is 0 Å². The number of anilines is 1. The maximum Gasteiger partial charge on any atom is 0.336 e. The molecule has 0 unspecified atom stereocenters. The largest absolute Gasteiger partial charge is 0.478 e. The monoisotopic (exact) mass is 512 g/mol. The molecule has 30 heavy (non-hydrogen) atoms. The third-order valence-electron chi connectivity index (χ3n) is 4.23. The average molecular weight is 512 g/mol. The van der Waals surface area contributed by atoms with Crippen LogP contribution >= 0.6 is 22.6 Å². The molecule has 1 N–H and O–H groups in total. The highest BCUT2D eigenvalue weighted by Gasteiger charge is 2.25. The minimum absolute atomic E-state index is 0.0547. The van der Waals surface area contributed by atoms with Crippen LogP contribution in [0.25, 0.3) is 0 Å². The fourth-order valence-corrected chi connectivity index (χ4v) is 3.41. The number of carbonyl (C=O) groups is 3. The van der Waals surface area contributed by atoms with Crippen molar-refractivity contribution in [1.82, 2.24) is 0 Å². The van der Waals surface area contributed by atoms with Crippen molar-refractivity contribution in [1.29, 1.82) is 0 Å². The van der Waals surface area contributed by atoms with Crippen molar-refractivity contribution in [2.75, 3.05) is 4.90 Å². The van der Waals surface area contributed by atoms with Gasteiger partial charge in [0, 0.05) is 16.7 Å². The second-order valence-electron chi connectivity index (χ2n) is 6.34. The summed E-state index contributed by atoms with van der Waals surface area (Å²) in [7, 11) is 0. The summed E-state index contributed by atoms with van der Waals surface area (Å²) in [6, 6.07) is 20.2. The summed E-state index contributed by atoms with van der Waals surface area (Å²) in [4.78, 5) is 41.9. The van der Waals surface area contributed by atoms with Gasteiger partial charge in [0.1, 0.15) is 0 Å². The summed E-state index contributed by atoms with van der Waals surface area (Å²) in [6.07, 6.45) is 1.73. The summed E-state index contributed by atoms with van der Waals surface area (Å²) in [5.74, 6) is -2.45. The van der Waals surface area contributed by atoms with Gasteiger partial charge in [-0.1, -0.05) is 24.3 Å². The maximum absolute atomic E-state index is 13.0. The van der Waals surface area contributed by atoms with E-state index in [0.29, 0.717) is 11.4 Å². The predicted molar refractivity (Wildman–Crippen MR) is 124 cm³/mol. The van der Waals surface area contributed by atoms with E-state index in [0.717, 1.165) is 14.0 Å². The number of hydrogen-bond donors (Lipinski definition) is 1. The molecule has 0 saturated carbocycles. The molecule has 150 valence electrons. The molecule has 0 aliphatic carbocycles. The van der Waals surface area contributed by atoms with Gasteiger partial charge in [0.15, 0.2) is 0 Å². The maximum atomic E-state index is 13.0. The number of carbonyl (C=O) groups excluding carboxylic acids is 2. The van der Waals surface area contributed by atoms with Crippen molar-refractivity contribution in [2.45, 2.75) is 6.92 Å². The van der Waals surface area contributed by atoms with E-state index in [1.165, 1.54) is 25.1 Å². The molecule has 2 amide bonds. The van der Waals surface area contributed by atoms with Gasteiger partial charge in [-0.25, -0.2) is 9.69 Å². The number of amides is 2. The number of aliphatic imine (C=N–C) groups is 1. The van der Waals surface area contributed by atoms with Crippen LogP contribution in [0.2, 0.25) is 0 Å². The molecule has 0 bridgehead atoms. The number of carboxylic acid groups (broad SMARTS) is 1. The first-order valence-electron chi connectivity index (χ1n) is 8.94. The number of nitrogens with zero attached hydrogens (tertiary/aromatic N) is 2. The number of imide groups is 1. The third-order valence-corrected chi connectivity index (χ3v) is 4.90. The lowest BCUT2D eigenvalue weighted by Gasteiger charge is -2.20. The second-order valence-corrected chi connectivity index (χ2v) is 7.59. The first-order chi connectivity index (χ1) is 14.4. The number of carboxylic acids is 1. The lowest BCUT2D eigenvalue weighted by atomic mass is 10.1. The van der Waals surface area contributed by atoms with E-state index >= 15 is 0 Å². The van der Waals surface area contributed by atoms with Gasteiger partial charge in [0.25, 0.3) is 5.91 Å². The van der Waals surface area contributed by atoms with E-state index in [1.54, 1.807) is 36.5 Å². The first kappa shape index (κ1) is 21.4. The zero-order chi connectivity index (χ0) is 21.7.